The molecule has 5 heteroatoms. The van der Waals surface area contributed by atoms with Crippen molar-refractivity contribution in [3.8, 4) is 0 Å². The van der Waals surface area contributed by atoms with E-state index in [0.29, 0.717) is 0 Å². The van der Waals surface area contributed by atoms with E-state index >= 15 is 0 Å². The molecule has 70 valence electrons. The zero-order valence-electron chi connectivity index (χ0n) is 6.83. The Hall–Kier alpha value is -0.250. The van der Waals surface area contributed by atoms with Crippen LogP contribution >= 0.6 is 24.8 Å². The maximum atomic E-state index is 3.91. The van der Waals surface area contributed by atoms with Crippen LogP contribution in [0.1, 0.15) is 18.5 Å². The van der Waals surface area contributed by atoms with Crippen molar-refractivity contribution in [2.24, 2.45) is 0 Å². The highest BCUT2D eigenvalue weighted by molar-refractivity contribution is 5.85. The van der Waals surface area contributed by atoms with E-state index < -0.39 is 0 Å². The Morgan fingerprint density at radius 2 is 2.17 bits per heavy atom. The average Bonchev–Trinajstić information content (AvgIpc) is 2.58. The Kier molecular flexibility index (Phi) is 4.03. The van der Waals surface area contributed by atoms with Crippen molar-refractivity contribution >= 4 is 24.8 Å². The fourth-order valence-corrected chi connectivity index (χ4v) is 1.30. The van der Waals surface area contributed by atoms with Gasteiger partial charge in [0.15, 0.2) is 0 Å². The number of nitrogens with zero attached hydrogens (tertiary/aromatic N) is 1. The number of H-pyrrole nitrogens is 1. The number of hydrogen-bond acceptors (Lipinski definition) is 2. The summed E-state index contributed by atoms with van der Waals surface area (Å²) in [6.45, 7) is 0. The van der Waals surface area contributed by atoms with Crippen molar-refractivity contribution in [2.75, 3.05) is 7.05 Å². The summed E-state index contributed by atoms with van der Waals surface area (Å²) in [7, 11) is 1.99. The van der Waals surface area contributed by atoms with Crippen molar-refractivity contribution in [2.45, 2.75) is 18.4 Å². The van der Waals surface area contributed by atoms with E-state index in [1.807, 2.05) is 13.1 Å². The maximum absolute atomic E-state index is 3.91. The van der Waals surface area contributed by atoms with Crippen LogP contribution in [0.4, 0.5) is 0 Å². The summed E-state index contributed by atoms with van der Waals surface area (Å²) < 4.78 is 0. The highest BCUT2D eigenvalue weighted by atomic mass is 35.5. The molecule has 0 amide bonds. The molecule has 0 saturated heterocycles. The molecule has 0 aliphatic heterocycles. The third kappa shape index (κ3) is 1.73. The fraction of sp³-hybridized carbons (Fsp3) is 0.571. The molecule has 1 aliphatic carbocycles. The van der Waals surface area contributed by atoms with Crippen molar-refractivity contribution in [3.63, 3.8) is 0 Å². The van der Waals surface area contributed by atoms with Crippen molar-refractivity contribution < 1.29 is 0 Å². The van der Waals surface area contributed by atoms with E-state index in [9.17, 15) is 0 Å². The van der Waals surface area contributed by atoms with E-state index in [1.165, 1.54) is 18.5 Å². The van der Waals surface area contributed by atoms with E-state index in [-0.39, 0.29) is 30.4 Å². The van der Waals surface area contributed by atoms with Crippen LogP contribution in [0.15, 0.2) is 12.3 Å². The first-order chi connectivity index (χ1) is 4.87. The Morgan fingerprint density at radius 1 is 1.50 bits per heavy atom. The predicted octanol–water partition coefficient (Wildman–Crippen LogP) is 1.46. The summed E-state index contributed by atoms with van der Waals surface area (Å²) in [5, 5.41) is 10.2. The van der Waals surface area contributed by atoms with E-state index in [1.54, 1.807) is 6.20 Å². The first kappa shape index (κ1) is 11.8. The van der Waals surface area contributed by atoms with Crippen LogP contribution in [0.2, 0.25) is 0 Å². The number of aromatic amines is 1. The molecular weight excluding hydrogens is 197 g/mol. The van der Waals surface area contributed by atoms with Crippen LogP contribution in [-0.2, 0) is 5.54 Å². The second-order valence-electron chi connectivity index (χ2n) is 2.80. The van der Waals surface area contributed by atoms with Crippen LogP contribution in [0.5, 0.6) is 0 Å². The first-order valence-corrected chi connectivity index (χ1v) is 3.56. The molecule has 0 bridgehead atoms. The van der Waals surface area contributed by atoms with Gasteiger partial charge in [0, 0.05) is 6.20 Å². The zero-order valence-corrected chi connectivity index (χ0v) is 8.47. The summed E-state index contributed by atoms with van der Waals surface area (Å²) >= 11 is 0. The lowest BCUT2D eigenvalue weighted by atomic mass is 10.2. The maximum Gasteiger partial charge on any atom is 0.0602 e. The lowest BCUT2D eigenvalue weighted by molar-refractivity contribution is 0.566. The van der Waals surface area contributed by atoms with Gasteiger partial charge in [-0.25, -0.2) is 0 Å². The van der Waals surface area contributed by atoms with E-state index in [0.717, 1.165) is 0 Å². The lowest BCUT2D eigenvalue weighted by Gasteiger charge is -2.09. The topological polar surface area (TPSA) is 40.7 Å². The molecule has 0 unspecified atom stereocenters. The molecule has 0 atom stereocenters. The molecule has 2 N–H and O–H groups in total. The van der Waals surface area contributed by atoms with Gasteiger partial charge in [-0.15, -0.1) is 24.8 Å². The van der Waals surface area contributed by atoms with Gasteiger partial charge in [0.25, 0.3) is 0 Å². The molecule has 0 spiro atoms. The average molecular weight is 210 g/mol. The molecule has 1 fully saturated rings. The molecular formula is C7H13Cl2N3. The van der Waals surface area contributed by atoms with Crippen LogP contribution in [0, 0.1) is 0 Å². The van der Waals surface area contributed by atoms with Crippen molar-refractivity contribution in [3.05, 3.63) is 18.0 Å². The Bertz CT molecular complexity index is 219. The van der Waals surface area contributed by atoms with Gasteiger partial charge in [-0.1, -0.05) is 0 Å². The summed E-state index contributed by atoms with van der Waals surface area (Å²) in [5.41, 5.74) is 1.46. The Morgan fingerprint density at radius 3 is 2.50 bits per heavy atom. The summed E-state index contributed by atoms with van der Waals surface area (Å²) in [6.07, 6.45) is 4.25. The minimum Gasteiger partial charge on any atom is -0.309 e. The summed E-state index contributed by atoms with van der Waals surface area (Å²) in [5.74, 6) is 0. The van der Waals surface area contributed by atoms with Gasteiger partial charge in [0.2, 0.25) is 0 Å². The SMILES string of the molecule is CNC1(c2ccn[nH]2)CC1.Cl.Cl. The molecule has 12 heavy (non-hydrogen) atoms. The number of halogens is 2. The van der Waals surface area contributed by atoms with Crippen LogP contribution in [-0.4, -0.2) is 17.2 Å². The van der Waals surface area contributed by atoms with Crippen molar-refractivity contribution in [1.29, 1.82) is 0 Å². The molecule has 1 aliphatic rings. The summed E-state index contributed by atoms with van der Waals surface area (Å²) in [4.78, 5) is 0. The largest absolute Gasteiger partial charge is 0.309 e. The minimum absolute atomic E-state index is 0. The highest BCUT2D eigenvalue weighted by Crippen LogP contribution is 2.43. The van der Waals surface area contributed by atoms with Gasteiger partial charge in [-0.2, -0.15) is 5.10 Å². The number of aromatic nitrogens is 2. The van der Waals surface area contributed by atoms with Gasteiger partial charge in [0.1, 0.15) is 0 Å². The third-order valence-corrected chi connectivity index (χ3v) is 2.24. The Labute approximate surface area is 84.1 Å². The quantitative estimate of drug-likeness (QED) is 0.775. The number of nitrogens with one attached hydrogen (secondary N) is 2. The summed E-state index contributed by atoms with van der Waals surface area (Å²) in [6, 6.07) is 2.03. The smallest absolute Gasteiger partial charge is 0.0602 e. The zero-order chi connectivity index (χ0) is 7.03. The second kappa shape index (κ2) is 4.12. The predicted molar refractivity (Wildman–Crippen MR) is 53.1 cm³/mol. The fourth-order valence-electron chi connectivity index (χ4n) is 1.30. The second-order valence-corrected chi connectivity index (χ2v) is 2.80. The molecule has 2 rings (SSSR count). The van der Waals surface area contributed by atoms with Crippen LogP contribution < -0.4 is 5.32 Å². The molecule has 3 nitrogen and oxygen atoms in total. The standard InChI is InChI=1S/C7H11N3.2ClH/c1-8-7(3-4-7)6-2-5-9-10-6;;/h2,5,8H,3-4H2,1H3,(H,9,10);2*1H. The van der Waals surface area contributed by atoms with Crippen LogP contribution in [0.25, 0.3) is 0 Å². The van der Waals surface area contributed by atoms with E-state index in [2.05, 4.69) is 15.5 Å². The number of hydrogen-bond donors (Lipinski definition) is 2. The molecule has 1 saturated carbocycles. The lowest BCUT2D eigenvalue weighted by Crippen LogP contribution is -2.24. The molecule has 1 aromatic heterocycles. The molecule has 1 aromatic rings. The first-order valence-electron chi connectivity index (χ1n) is 3.56. The highest BCUT2D eigenvalue weighted by Gasteiger charge is 2.43. The van der Waals surface area contributed by atoms with E-state index in [4.69, 9.17) is 0 Å². The number of rotatable bonds is 2. The van der Waals surface area contributed by atoms with Gasteiger partial charge >= 0.3 is 0 Å². The van der Waals surface area contributed by atoms with Gasteiger partial charge in [0.05, 0.1) is 11.2 Å². The Balaban J connectivity index is 0.000000605. The normalized spacial score (nSPS) is 17.4. The van der Waals surface area contributed by atoms with Gasteiger partial charge in [-0.05, 0) is 26.0 Å². The van der Waals surface area contributed by atoms with Gasteiger partial charge in [-0.3, -0.25) is 5.10 Å². The van der Waals surface area contributed by atoms with Gasteiger partial charge < -0.3 is 5.32 Å². The van der Waals surface area contributed by atoms with Crippen molar-refractivity contribution in [1.82, 2.24) is 15.5 Å². The molecule has 0 radical (unpaired) electrons. The molecule has 0 aromatic carbocycles. The van der Waals surface area contributed by atoms with Crippen LogP contribution in [0.3, 0.4) is 0 Å². The minimum atomic E-state index is 0. The monoisotopic (exact) mass is 209 g/mol. The third-order valence-electron chi connectivity index (χ3n) is 2.24. The molecule has 1 heterocycles.